The van der Waals surface area contributed by atoms with Crippen LogP contribution in [-0.4, -0.2) is 43.2 Å². The summed E-state index contributed by atoms with van der Waals surface area (Å²) in [6.45, 7) is 1.66. The van der Waals surface area contributed by atoms with Gasteiger partial charge in [0.1, 0.15) is 11.5 Å². The summed E-state index contributed by atoms with van der Waals surface area (Å²) in [6, 6.07) is 4.81. The smallest absolute Gasteiger partial charge is 0.329 e. The normalized spacial score (nSPS) is 27.6. The van der Waals surface area contributed by atoms with Gasteiger partial charge in [0.25, 0.3) is 0 Å². The minimum atomic E-state index is -0.936. The van der Waals surface area contributed by atoms with Gasteiger partial charge in [0, 0.05) is 17.3 Å². The van der Waals surface area contributed by atoms with Gasteiger partial charge in [0.15, 0.2) is 0 Å². The van der Waals surface area contributed by atoms with E-state index in [0.29, 0.717) is 22.9 Å². The Bertz CT molecular complexity index is 938. The number of anilines is 1. The lowest BCUT2D eigenvalue weighted by Crippen LogP contribution is -2.60. The first-order valence-electron chi connectivity index (χ1n) is 11.5. The molecule has 4 aliphatic carbocycles. The number of amides is 3. The number of ether oxygens (including phenoxy) is 2. The quantitative estimate of drug-likeness (QED) is 0.331. The Morgan fingerprint density at radius 1 is 1.00 bits per heavy atom. The first-order valence-corrected chi connectivity index (χ1v) is 11.5. The Balaban J connectivity index is 1.27. The molecule has 9 heteroatoms. The highest BCUT2D eigenvalue weighted by Gasteiger charge is 2.51. The first kappa shape index (κ1) is 23.1. The number of hydrogen-bond donors (Lipinski definition) is 3. The minimum absolute atomic E-state index is 0.0628. The van der Waals surface area contributed by atoms with E-state index in [2.05, 4.69) is 21.2 Å². The van der Waals surface area contributed by atoms with Gasteiger partial charge in [-0.25, -0.2) is 5.43 Å². The number of hydrazone groups is 1. The maximum absolute atomic E-state index is 12.7. The van der Waals surface area contributed by atoms with Crippen LogP contribution in [0.25, 0.3) is 0 Å². The third-order valence-corrected chi connectivity index (χ3v) is 7.07. The lowest BCUT2D eigenvalue weighted by molar-refractivity contribution is -0.136. The van der Waals surface area contributed by atoms with Gasteiger partial charge in [0.2, 0.25) is 5.91 Å². The van der Waals surface area contributed by atoms with Gasteiger partial charge in [-0.15, -0.1) is 0 Å². The molecule has 0 atom stereocenters. The molecule has 9 nitrogen and oxygen atoms in total. The average molecular weight is 457 g/mol. The van der Waals surface area contributed by atoms with Crippen LogP contribution in [0.4, 0.5) is 5.69 Å². The van der Waals surface area contributed by atoms with E-state index in [0.717, 1.165) is 37.0 Å². The fraction of sp³-hybridized carbons (Fsp3) is 0.583. The Kier molecular flexibility index (Phi) is 6.58. The maximum Gasteiger partial charge on any atom is 0.329 e. The SMILES string of the molecule is COc1ccc(NC(=O)C(=O)N/N=C(\C)CC(=O)NC23CC4CC(CC(C4)C2)C3)c(OC)c1. The third kappa shape index (κ3) is 5.29. The highest BCUT2D eigenvalue weighted by molar-refractivity contribution is 6.39. The van der Waals surface area contributed by atoms with Crippen molar-refractivity contribution in [1.82, 2.24) is 10.7 Å². The van der Waals surface area contributed by atoms with Crippen LogP contribution in [0.3, 0.4) is 0 Å². The number of carbonyl (C=O) groups excluding carboxylic acids is 3. The molecule has 3 amide bonds. The second kappa shape index (κ2) is 9.41. The van der Waals surface area contributed by atoms with Crippen LogP contribution in [0.2, 0.25) is 0 Å². The number of nitrogens with zero attached hydrogens (tertiary/aromatic N) is 1. The van der Waals surface area contributed by atoms with E-state index in [9.17, 15) is 14.4 Å². The van der Waals surface area contributed by atoms with Crippen molar-refractivity contribution in [3.05, 3.63) is 18.2 Å². The number of methoxy groups -OCH3 is 2. The van der Waals surface area contributed by atoms with Crippen molar-refractivity contribution < 1.29 is 23.9 Å². The molecule has 3 N–H and O–H groups in total. The zero-order valence-electron chi connectivity index (χ0n) is 19.4. The summed E-state index contributed by atoms with van der Waals surface area (Å²) in [7, 11) is 2.97. The van der Waals surface area contributed by atoms with Gasteiger partial charge < -0.3 is 20.1 Å². The fourth-order valence-corrected chi connectivity index (χ4v) is 6.15. The number of benzene rings is 1. The van der Waals surface area contributed by atoms with Gasteiger partial charge in [-0.3, -0.25) is 14.4 Å². The van der Waals surface area contributed by atoms with E-state index < -0.39 is 11.8 Å². The van der Waals surface area contributed by atoms with Gasteiger partial charge in [-0.05, 0) is 75.3 Å². The Morgan fingerprint density at radius 3 is 2.21 bits per heavy atom. The standard InChI is InChI=1S/C24H32N4O5/c1-14(6-21(29)26-24-11-15-7-16(12-24)9-17(8-15)13-24)27-28-23(31)22(30)25-19-5-4-18(32-2)10-20(19)33-3/h4-5,10,15-17H,6-9,11-13H2,1-3H3,(H,25,30)(H,26,29)(H,28,31)/b27-14+. The average Bonchev–Trinajstić information content (AvgIpc) is 2.76. The van der Waals surface area contributed by atoms with Crippen molar-refractivity contribution in [3.8, 4) is 11.5 Å². The van der Waals surface area contributed by atoms with Crippen LogP contribution < -0.4 is 25.5 Å². The van der Waals surface area contributed by atoms with Crippen LogP contribution in [0.1, 0.15) is 51.9 Å². The summed E-state index contributed by atoms with van der Waals surface area (Å²) in [5, 5.41) is 9.70. The molecule has 0 heterocycles. The van der Waals surface area contributed by atoms with Crippen molar-refractivity contribution in [2.45, 2.75) is 57.4 Å². The molecule has 4 saturated carbocycles. The Hall–Kier alpha value is -3.10. The van der Waals surface area contributed by atoms with Crippen molar-refractivity contribution in [1.29, 1.82) is 0 Å². The largest absolute Gasteiger partial charge is 0.497 e. The topological polar surface area (TPSA) is 118 Å². The van der Waals surface area contributed by atoms with Crippen LogP contribution >= 0.6 is 0 Å². The van der Waals surface area contributed by atoms with Crippen LogP contribution in [0, 0.1) is 17.8 Å². The van der Waals surface area contributed by atoms with Crippen LogP contribution in [0.5, 0.6) is 11.5 Å². The molecule has 0 aromatic heterocycles. The van der Waals surface area contributed by atoms with E-state index >= 15 is 0 Å². The molecule has 5 rings (SSSR count). The fourth-order valence-electron chi connectivity index (χ4n) is 6.15. The molecule has 0 saturated heterocycles. The van der Waals surface area contributed by atoms with Crippen molar-refractivity contribution in [3.63, 3.8) is 0 Å². The summed E-state index contributed by atoms with van der Waals surface area (Å²) in [4.78, 5) is 37.1. The van der Waals surface area contributed by atoms with E-state index in [4.69, 9.17) is 9.47 Å². The van der Waals surface area contributed by atoms with Crippen molar-refractivity contribution in [2.24, 2.45) is 22.9 Å². The molecule has 0 spiro atoms. The Labute approximate surface area is 193 Å². The minimum Gasteiger partial charge on any atom is -0.497 e. The lowest BCUT2D eigenvalue weighted by Gasteiger charge is -2.56. The van der Waals surface area contributed by atoms with Crippen molar-refractivity contribution >= 4 is 29.1 Å². The summed E-state index contributed by atoms with van der Waals surface area (Å²) >= 11 is 0. The molecule has 178 valence electrons. The predicted molar refractivity (Wildman–Crippen MR) is 123 cm³/mol. The highest BCUT2D eigenvalue weighted by Crippen LogP contribution is 2.55. The molecule has 4 bridgehead atoms. The summed E-state index contributed by atoms with van der Waals surface area (Å²) in [6.07, 6.45) is 7.24. The van der Waals surface area contributed by atoms with Crippen LogP contribution in [0.15, 0.2) is 23.3 Å². The summed E-state index contributed by atoms with van der Waals surface area (Å²) in [5.41, 5.74) is 2.91. The van der Waals surface area contributed by atoms with Crippen molar-refractivity contribution in [2.75, 3.05) is 19.5 Å². The van der Waals surface area contributed by atoms with Crippen LogP contribution in [-0.2, 0) is 14.4 Å². The van der Waals surface area contributed by atoms with E-state index in [1.54, 1.807) is 25.1 Å². The monoisotopic (exact) mass is 456 g/mol. The number of nitrogens with one attached hydrogen (secondary N) is 3. The summed E-state index contributed by atoms with van der Waals surface area (Å²) in [5.74, 6) is 1.23. The highest BCUT2D eigenvalue weighted by atomic mass is 16.5. The number of rotatable bonds is 7. The molecule has 0 radical (unpaired) electrons. The molecule has 4 fully saturated rings. The molecule has 4 aliphatic rings. The Morgan fingerprint density at radius 2 is 1.64 bits per heavy atom. The molecule has 1 aromatic carbocycles. The molecule has 33 heavy (non-hydrogen) atoms. The zero-order valence-corrected chi connectivity index (χ0v) is 19.4. The van der Waals surface area contributed by atoms with Gasteiger partial charge in [0.05, 0.1) is 26.3 Å². The zero-order chi connectivity index (χ0) is 23.6. The predicted octanol–water partition coefficient (Wildman–Crippen LogP) is 2.61. The third-order valence-electron chi connectivity index (χ3n) is 7.07. The van der Waals surface area contributed by atoms with Gasteiger partial charge in [-0.1, -0.05) is 0 Å². The maximum atomic E-state index is 12.7. The van der Waals surface area contributed by atoms with Gasteiger partial charge >= 0.3 is 11.8 Å². The second-order valence-electron chi connectivity index (χ2n) is 9.73. The summed E-state index contributed by atoms with van der Waals surface area (Å²) < 4.78 is 10.3. The molecular formula is C24H32N4O5. The first-order chi connectivity index (χ1) is 15.8. The second-order valence-corrected chi connectivity index (χ2v) is 9.73. The molecule has 0 unspecified atom stereocenters. The van der Waals surface area contributed by atoms with E-state index in [-0.39, 0.29) is 17.9 Å². The van der Waals surface area contributed by atoms with Gasteiger partial charge in [-0.2, -0.15) is 5.10 Å². The van der Waals surface area contributed by atoms with E-state index in [1.807, 2.05) is 0 Å². The molecule has 1 aromatic rings. The molecular weight excluding hydrogens is 424 g/mol. The lowest BCUT2D eigenvalue weighted by atomic mass is 9.53. The molecule has 0 aliphatic heterocycles. The van der Waals surface area contributed by atoms with E-state index in [1.165, 1.54) is 33.5 Å². The number of hydrogen-bond acceptors (Lipinski definition) is 6. The number of carbonyl (C=O) groups is 3.